The van der Waals surface area contributed by atoms with Crippen LogP contribution in [0.25, 0.3) is 0 Å². The molecule has 2 aromatic carbocycles. The number of carbonyl (C=O) groups excluding carboxylic acids is 1. The van der Waals surface area contributed by atoms with Crippen LogP contribution in [0.5, 0.6) is 5.75 Å². The van der Waals surface area contributed by atoms with Crippen molar-refractivity contribution in [2.75, 3.05) is 26.7 Å². The fourth-order valence-corrected chi connectivity index (χ4v) is 4.31. The lowest BCUT2D eigenvalue weighted by Crippen LogP contribution is -2.39. The summed E-state index contributed by atoms with van der Waals surface area (Å²) in [6.45, 7) is 2.87. The number of methoxy groups -OCH3 is 1. The fraction of sp³-hybridized carbons (Fsp3) is 0.409. The van der Waals surface area contributed by atoms with Gasteiger partial charge in [-0.3, -0.25) is 4.79 Å². The SMILES string of the molecule is COc1cccc(CCc2ccccc2C(=O)N2CC[C@H]3CNC[C@H]32)c1. The van der Waals surface area contributed by atoms with E-state index in [2.05, 4.69) is 28.4 Å². The quantitative estimate of drug-likeness (QED) is 0.901. The Bertz CT molecular complexity index is 789. The zero-order valence-electron chi connectivity index (χ0n) is 15.3. The van der Waals surface area contributed by atoms with Crippen LogP contribution < -0.4 is 10.1 Å². The molecule has 1 N–H and O–H groups in total. The predicted molar refractivity (Wildman–Crippen MR) is 103 cm³/mol. The summed E-state index contributed by atoms with van der Waals surface area (Å²) in [5, 5.41) is 3.43. The molecule has 0 bridgehead atoms. The van der Waals surface area contributed by atoms with Crippen LogP contribution in [0, 0.1) is 5.92 Å². The zero-order chi connectivity index (χ0) is 17.9. The van der Waals surface area contributed by atoms with Gasteiger partial charge in [0.05, 0.1) is 7.11 Å². The van der Waals surface area contributed by atoms with Crippen molar-refractivity contribution in [2.24, 2.45) is 5.92 Å². The molecule has 0 aromatic heterocycles. The highest BCUT2D eigenvalue weighted by molar-refractivity contribution is 5.96. The lowest BCUT2D eigenvalue weighted by molar-refractivity contribution is 0.0736. The summed E-state index contributed by atoms with van der Waals surface area (Å²) >= 11 is 0. The third-order valence-corrected chi connectivity index (χ3v) is 5.77. The first-order valence-corrected chi connectivity index (χ1v) is 9.49. The van der Waals surface area contributed by atoms with Crippen molar-refractivity contribution in [1.82, 2.24) is 10.2 Å². The van der Waals surface area contributed by atoms with Gasteiger partial charge in [0.15, 0.2) is 0 Å². The van der Waals surface area contributed by atoms with E-state index in [-0.39, 0.29) is 5.91 Å². The molecule has 2 aliphatic heterocycles. The molecular weight excluding hydrogens is 324 g/mol. The Labute approximate surface area is 155 Å². The van der Waals surface area contributed by atoms with Crippen molar-refractivity contribution in [1.29, 1.82) is 0 Å². The Morgan fingerprint density at radius 2 is 2.04 bits per heavy atom. The van der Waals surface area contributed by atoms with Gasteiger partial charge in [-0.15, -0.1) is 0 Å². The number of amides is 1. The van der Waals surface area contributed by atoms with Gasteiger partial charge in [-0.1, -0.05) is 30.3 Å². The van der Waals surface area contributed by atoms with E-state index in [9.17, 15) is 4.79 Å². The lowest BCUT2D eigenvalue weighted by Gasteiger charge is -2.24. The molecular formula is C22H26N2O2. The van der Waals surface area contributed by atoms with Crippen molar-refractivity contribution in [2.45, 2.75) is 25.3 Å². The number of likely N-dealkylation sites (tertiary alicyclic amines) is 1. The van der Waals surface area contributed by atoms with E-state index in [1.807, 2.05) is 30.3 Å². The summed E-state index contributed by atoms with van der Waals surface area (Å²) < 4.78 is 5.31. The van der Waals surface area contributed by atoms with Crippen LogP contribution in [0.2, 0.25) is 0 Å². The molecule has 2 aliphatic rings. The molecule has 2 aromatic rings. The average molecular weight is 350 g/mol. The number of fused-ring (bicyclic) bond motifs is 1. The van der Waals surface area contributed by atoms with E-state index in [0.717, 1.165) is 55.8 Å². The Hall–Kier alpha value is -2.33. The number of aryl methyl sites for hydroxylation is 2. The number of carbonyl (C=O) groups is 1. The van der Waals surface area contributed by atoms with Crippen molar-refractivity contribution in [3.8, 4) is 5.75 Å². The molecule has 0 aliphatic carbocycles. The molecule has 0 radical (unpaired) electrons. The highest BCUT2D eigenvalue weighted by Crippen LogP contribution is 2.29. The summed E-state index contributed by atoms with van der Waals surface area (Å²) in [7, 11) is 1.69. The smallest absolute Gasteiger partial charge is 0.254 e. The van der Waals surface area contributed by atoms with E-state index in [4.69, 9.17) is 4.74 Å². The molecule has 0 spiro atoms. The number of rotatable bonds is 5. The van der Waals surface area contributed by atoms with Gasteiger partial charge in [0.2, 0.25) is 0 Å². The lowest BCUT2D eigenvalue weighted by atomic mass is 9.98. The first-order chi connectivity index (χ1) is 12.8. The molecule has 2 fully saturated rings. The minimum atomic E-state index is 0.197. The third kappa shape index (κ3) is 3.34. The molecule has 2 atom stereocenters. The van der Waals surface area contributed by atoms with Crippen molar-refractivity contribution in [3.05, 3.63) is 65.2 Å². The second kappa shape index (κ2) is 7.50. The van der Waals surface area contributed by atoms with E-state index in [1.54, 1.807) is 7.11 Å². The number of hydrogen-bond donors (Lipinski definition) is 1. The van der Waals surface area contributed by atoms with Crippen LogP contribution in [0.3, 0.4) is 0 Å². The summed E-state index contributed by atoms with van der Waals surface area (Å²) in [6.07, 6.45) is 2.87. The van der Waals surface area contributed by atoms with E-state index >= 15 is 0 Å². The van der Waals surface area contributed by atoms with Crippen LogP contribution in [-0.2, 0) is 12.8 Å². The maximum atomic E-state index is 13.2. The molecule has 4 heteroatoms. The van der Waals surface area contributed by atoms with Crippen LogP contribution in [0.4, 0.5) is 0 Å². The summed E-state index contributed by atoms with van der Waals surface area (Å²) in [5.41, 5.74) is 3.23. The van der Waals surface area contributed by atoms with E-state index in [0.29, 0.717) is 12.0 Å². The fourth-order valence-electron chi connectivity index (χ4n) is 4.31. The second-order valence-electron chi connectivity index (χ2n) is 7.28. The highest BCUT2D eigenvalue weighted by atomic mass is 16.5. The van der Waals surface area contributed by atoms with Crippen molar-refractivity contribution in [3.63, 3.8) is 0 Å². The molecule has 4 rings (SSSR count). The van der Waals surface area contributed by atoms with E-state index in [1.165, 1.54) is 5.56 Å². The van der Waals surface area contributed by atoms with Crippen molar-refractivity contribution >= 4 is 5.91 Å². The number of nitrogens with zero attached hydrogens (tertiary/aromatic N) is 1. The Balaban J connectivity index is 1.50. The number of hydrogen-bond acceptors (Lipinski definition) is 3. The largest absolute Gasteiger partial charge is 0.497 e. The number of benzene rings is 2. The minimum Gasteiger partial charge on any atom is -0.497 e. The molecule has 0 unspecified atom stereocenters. The summed E-state index contributed by atoms with van der Waals surface area (Å²) in [5.74, 6) is 1.70. The normalized spacial score (nSPS) is 21.7. The Morgan fingerprint density at radius 1 is 1.15 bits per heavy atom. The van der Waals surface area contributed by atoms with Crippen LogP contribution in [0.15, 0.2) is 48.5 Å². The van der Waals surface area contributed by atoms with Gasteiger partial charge in [-0.2, -0.15) is 0 Å². The van der Waals surface area contributed by atoms with Gasteiger partial charge in [0.25, 0.3) is 5.91 Å². The maximum absolute atomic E-state index is 13.2. The van der Waals surface area contributed by atoms with Gasteiger partial charge in [-0.25, -0.2) is 0 Å². The number of ether oxygens (including phenoxy) is 1. The monoisotopic (exact) mass is 350 g/mol. The van der Waals surface area contributed by atoms with Crippen molar-refractivity contribution < 1.29 is 9.53 Å². The van der Waals surface area contributed by atoms with E-state index < -0.39 is 0 Å². The minimum absolute atomic E-state index is 0.197. The van der Waals surface area contributed by atoms with Gasteiger partial charge in [0, 0.05) is 31.2 Å². The third-order valence-electron chi connectivity index (χ3n) is 5.77. The Kier molecular flexibility index (Phi) is 4.93. The first-order valence-electron chi connectivity index (χ1n) is 9.49. The molecule has 2 heterocycles. The first kappa shape index (κ1) is 17.1. The zero-order valence-corrected chi connectivity index (χ0v) is 15.3. The van der Waals surface area contributed by atoms with Crippen LogP contribution in [-0.4, -0.2) is 43.6 Å². The summed E-state index contributed by atoms with van der Waals surface area (Å²) in [4.78, 5) is 15.3. The molecule has 2 saturated heterocycles. The van der Waals surface area contributed by atoms with Crippen LogP contribution >= 0.6 is 0 Å². The molecule has 136 valence electrons. The summed E-state index contributed by atoms with van der Waals surface area (Å²) in [6, 6.07) is 16.6. The van der Waals surface area contributed by atoms with Gasteiger partial charge in [0.1, 0.15) is 5.75 Å². The maximum Gasteiger partial charge on any atom is 0.254 e. The Morgan fingerprint density at radius 3 is 2.92 bits per heavy atom. The average Bonchev–Trinajstić information content (AvgIpc) is 3.30. The number of nitrogens with one attached hydrogen (secondary N) is 1. The topological polar surface area (TPSA) is 41.6 Å². The standard InChI is InChI=1S/C22H26N2O2/c1-26-19-7-4-5-16(13-19)9-10-17-6-2-3-8-20(17)22(25)24-12-11-18-14-23-15-21(18)24/h2-8,13,18,21,23H,9-12,14-15H2,1H3/t18-,21+/m0/s1. The van der Waals surface area contributed by atoms with Gasteiger partial charge >= 0.3 is 0 Å². The molecule has 4 nitrogen and oxygen atoms in total. The second-order valence-corrected chi connectivity index (χ2v) is 7.28. The molecule has 26 heavy (non-hydrogen) atoms. The van der Waals surface area contributed by atoms with Gasteiger partial charge in [-0.05, 0) is 54.5 Å². The predicted octanol–water partition coefficient (Wildman–Crippen LogP) is 2.91. The van der Waals surface area contributed by atoms with Crippen LogP contribution in [0.1, 0.15) is 27.9 Å². The molecule has 1 amide bonds. The highest BCUT2D eigenvalue weighted by Gasteiger charge is 2.40. The molecule has 0 saturated carbocycles. The van der Waals surface area contributed by atoms with Gasteiger partial charge < -0.3 is 15.0 Å².